The standard InChI is InChI=1S/C56H46O4/c1-56(49-15-9-4-10-16-49,50-25-27-54(59-31-29-57)52(37-50)47-23-21-43-33-41(17-19-45(43)35-47)39-11-5-2-6-12-39)51-26-28-55(60-32-30-58)53(38-51)48-24-22-44-34-42(18-20-46(44)36-48)40-13-7-3-8-14-40/h2-28,33-38,57-58H,29-32H2,1H3. The van der Waals surface area contributed by atoms with Gasteiger partial charge in [-0.1, -0.05) is 152 Å². The highest BCUT2D eigenvalue weighted by Crippen LogP contribution is 2.45. The molecule has 294 valence electrons. The van der Waals surface area contributed by atoms with Crippen molar-refractivity contribution in [1.29, 1.82) is 0 Å². The Balaban J connectivity index is 1.17. The summed E-state index contributed by atoms with van der Waals surface area (Å²) in [6, 6.07) is 70.7. The first-order chi connectivity index (χ1) is 29.5. The lowest BCUT2D eigenvalue weighted by molar-refractivity contribution is 0.202. The Bertz CT molecular complexity index is 2730. The largest absolute Gasteiger partial charge is 0.491 e. The molecule has 9 aromatic rings. The van der Waals surface area contributed by atoms with Crippen LogP contribution in [0.3, 0.4) is 0 Å². The normalized spacial score (nSPS) is 11.5. The fourth-order valence-electron chi connectivity index (χ4n) is 8.41. The summed E-state index contributed by atoms with van der Waals surface area (Å²) in [5.41, 5.74) is 11.4. The van der Waals surface area contributed by atoms with Crippen LogP contribution in [0.1, 0.15) is 23.6 Å². The van der Waals surface area contributed by atoms with Crippen molar-refractivity contribution >= 4 is 21.5 Å². The van der Waals surface area contributed by atoms with E-state index in [0.29, 0.717) is 11.5 Å². The van der Waals surface area contributed by atoms with Gasteiger partial charge in [0.05, 0.1) is 13.2 Å². The van der Waals surface area contributed by atoms with E-state index in [0.717, 1.165) is 60.5 Å². The number of aliphatic hydroxyl groups excluding tert-OH is 2. The summed E-state index contributed by atoms with van der Waals surface area (Å²) in [6.45, 7) is 2.49. The van der Waals surface area contributed by atoms with Crippen LogP contribution in [0.15, 0.2) is 200 Å². The minimum Gasteiger partial charge on any atom is -0.491 e. The highest BCUT2D eigenvalue weighted by atomic mass is 16.5. The number of rotatable bonds is 13. The molecular formula is C56H46O4. The van der Waals surface area contributed by atoms with E-state index in [1.165, 1.54) is 22.3 Å². The lowest BCUT2D eigenvalue weighted by Crippen LogP contribution is -2.25. The Kier molecular flexibility index (Phi) is 11.0. The van der Waals surface area contributed by atoms with Crippen molar-refractivity contribution in [3.63, 3.8) is 0 Å². The molecule has 9 rings (SSSR count). The van der Waals surface area contributed by atoms with Crippen molar-refractivity contribution in [1.82, 2.24) is 0 Å². The van der Waals surface area contributed by atoms with Gasteiger partial charge in [0.2, 0.25) is 0 Å². The second-order valence-electron chi connectivity index (χ2n) is 15.3. The third-order valence-electron chi connectivity index (χ3n) is 11.7. The van der Waals surface area contributed by atoms with Gasteiger partial charge in [-0.05, 0) is 127 Å². The van der Waals surface area contributed by atoms with Crippen LogP contribution in [0.2, 0.25) is 0 Å². The van der Waals surface area contributed by atoms with Gasteiger partial charge in [0, 0.05) is 16.5 Å². The predicted octanol–water partition coefficient (Wildman–Crippen LogP) is 12.8. The summed E-state index contributed by atoms with van der Waals surface area (Å²) >= 11 is 0. The van der Waals surface area contributed by atoms with Crippen LogP contribution in [0, 0.1) is 0 Å². The molecule has 0 aliphatic carbocycles. The van der Waals surface area contributed by atoms with Crippen molar-refractivity contribution in [3.8, 4) is 56.0 Å². The van der Waals surface area contributed by atoms with Gasteiger partial charge in [-0.15, -0.1) is 0 Å². The average Bonchev–Trinajstić information content (AvgIpc) is 3.32. The molecule has 60 heavy (non-hydrogen) atoms. The topological polar surface area (TPSA) is 58.9 Å². The van der Waals surface area contributed by atoms with Gasteiger partial charge in [-0.3, -0.25) is 0 Å². The fourth-order valence-corrected chi connectivity index (χ4v) is 8.41. The maximum atomic E-state index is 9.80. The number of hydrogen-bond donors (Lipinski definition) is 2. The SMILES string of the molecule is CC(c1ccccc1)(c1ccc(OCCO)c(-c2ccc3cc(-c4ccccc4)ccc3c2)c1)c1ccc(OCCO)c(-c2ccc3cc(-c4ccccc4)ccc3c2)c1. The Morgan fingerprint density at radius 1 is 0.350 bits per heavy atom. The van der Waals surface area contributed by atoms with E-state index in [4.69, 9.17) is 9.47 Å². The smallest absolute Gasteiger partial charge is 0.127 e. The monoisotopic (exact) mass is 782 g/mol. The molecule has 4 nitrogen and oxygen atoms in total. The summed E-state index contributed by atoms with van der Waals surface area (Å²) in [5, 5.41) is 24.2. The second-order valence-corrected chi connectivity index (χ2v) is 15.3. The summed E-state index contributed by atoms with van der Waals surface area (Å²) in [5.74, 6) is 1.42. The Morgan fingerprint density at radius 3 is 1.12 bits per heavy atom. The molecule has 4 heteroatoms. The molecule has 0 saturated heterocycles. The van der Waals surface area contributed by atoms with Crippen LogP contribution in [0.5, 0.6) is 11.5 Å². The van der Waals surface area contributed by atoms with Gasteiger partial charge in [-0.25, -0.2) is 0 Å². The quantitative estimate of drug-likeness (QED) is 0.114. The Labute approximate surface area is 351 Å². The van der Waals surface area contributed by atoms with Crippen LogP contribution in [0.25, 0.3) is 66.1 Å². The molecule has 0 heterocycles. The van der Waals surface area contributed by atoms with Gasteiger partial charge < -0.3 is 19.7 Å². The number of ether oxygens (including phenoxy) is 2. The van der Waals surface area contributed by atoms with Gasteiger partial charge >= 0.3 is 0 Å². The Morgan fingerprint density at radius 2 is 0.717 bits per heavy atom. The first-order valence-corrected chi connectivity index (χ1v) is 20.5. The highest BCUT2D eigenvalue weighted by Gasteiger charge is 2.33. The summed E-state index contributed by atoms with van der Waals surface area (Å²) in [4.78, 5) is 0. The van der Waals surface area contributed by atoms with Gasteiger partial charge in [0.15, 0.2) is 0 Å². The highest BCUT2D eigenvalue weighted by molar-refractivity contribution is 5.93. The van der Waals surface area contributed by atoms with Crippen LogP contribution >= 0.6 is 0 Å². The maximum absolute atomic E-state index is 9.80. The zero-order valence-electron chi connectivity index (χ0n) is 33.6. The van der Waals surface area contributed by atoms with E-state index in [2.05, 4.69) is 183 Å². The molecule has 0 radical (unpaired) electrons. The van der Waals surface area contributed by atoms with E-state index in [9.17, 15) is 10.2 Å². The molecule has 0 spiro atoms. The van der Waals surface area contributed by atoms with E-state index in [1.54, 1.807) is 0 Å². The third kappa shape index (κ3) is 7.67. The second kappa shape index (κ2) is 17.1. The summed E-state index contributed by atoms with van der Waals surface area (Å²) < 4.78 is 12.4. The van der Waals surface area contributed by atoms with Gasteiger partial charge in [0.1, 0.15) is 24.7 Å². The molecule has 0 amide bonds. The van der Waals surface area contributed by atoms with Crippen LogP contribution < -0.4 is 9.47 Å². The number of aliphatic hydroxyl groups is 2. The lowest BCUT2D eigenvalue weighted by atomic mass is 9.70. The first-order valence-electron chi connectivity index (χ1n) is 20.5. The number of benzene rings is 9. The minimum atomic E-state index is -0.612. The van der Waals surface area contributed by atoms with Gasteiger partial charge in [-0.2, -0.15) is 0 Å². The maximum Gasteiger partial charge on any atom is 0.127 e. The molecule has 0 bridgehead atoms. The molecular weight excluding hydrogens is 737 g/mol. The van der Waals surface area contributed by atoms with Gasteiger partial charge in [0.25, 0.3) is 0 Å². The van der Waals surface area contributed by atoms with E-state index in [-0.39, 0.29) is 26.4 Å². The van der Waals surface area contributed by atoms with E-state index in [1.807, 2.05) is 24.3 Å². The predicted molar refractivity (Wildman–Crippen MR) is 247 cm³/mol. The van der Waals surface area contributed by atoms with Crippen molar-refractivity contribution in [2.45, 2.75) is 12.3 Å². The third-order valence-corrected chi connectivity index (χ3v) is 11.7. The van der Waals surface area contributed by atoms with Crippen LogP contribution in [-0.4, -0.2) is 36.6 Å². The minimum absolute atomic E-state index is 0.0840. The molecule has 0 atom stereocenters. The van der Waals surface area contributed by atoms with E-state index < -0.39 is 5.41 Å². The van der Waals surface area contributed by atoms with E-state index >= 15 is 0 Å². The molecule has 9 aromatic carbocycles. The van der Waals surface area contributed by atoms with Crippen molar-refractivity contribution in [2.75, 3.05) is 26.4 Å². The first kappa shape index (κ1) is 38.5. The van der Waals surface area contributed by atoms with Crippen LogP contribution in [0.4, 0.5) is 0 Å². The molecule has 0 unspecified atom stereocenters. The Hall–Kier alpha value is -6.98. The lowest BCUT2D eigenvalue weighted by Gasteiger charge is -2.33. The zero-order valence-corrected chi connectivity index (χ0v) is 33.6. The molecule has 0 fully saturated rings. The van der Waals surface area contributed by atoms with Crippen LogP contribution in [-0.2, 0) is 5.41 Å². The molecule has 0 aromatic heterocycles. The van der Waals surface area contributed by atoms with Crippen molar-refractivity contribution in [2.24, 2.45) is 0 Å². The molecule has 2 N–H and O–H groups in total. The molecule has 0 aliphatic heterocycles. The fraction of sp³-hybridized carbons (Fsp3) is 0.107. The van der Waals surface area contributed by atoms with Crippen molar-refractivity contribution in [3.05, 3.63) is 217 Å². The number of hydrogen-bond acceptors (Lipinski definition) is 4. The average molecular weight is 783 g/mol. The van der Waals surface area contributed by atoms with Crippen molar-refractivity contribution < 1.29 is 19.7 Å². The molecule has 0 aliphatic rings. The molecule has 0 saturated carbocycles. The summed E-state index contributed by atoms with van der Waals surface area (Å²) in [7, 11) is 0. The summed E-state index contributed by atoms with van der Waals surface area (Å²) in [6.07, 6.45) is 0. The number of fused-ring (bicyclic) bond motifs is 2. The zero-order chi connectivity index (χ0) is 40.9.